The van der Waals surface area contributed by atoms with Crippen LogP contribution < -0.4 is 5.32 Å². The maximum absolute atomic E-state index is 13.6. The fourth-order valence-electron chi connectivity index (χ4n) is 5.47. The molecule has 0 radical (unpaired) electrons. The van der Waals surface area contributed by atoms with Crippen LogP contribution in [0.3, 0.4) is 0 Å². The molecule has 2 amide bonds. The lowest BCUT2D eigenvalue weighted by atomic mass is 10.0. The lowest BCUT2D eigenvalue weighted by Crippen LogP contribution is -2.55. The maximum Gasteiger partial charge on any atom is 0.328 e. The van der Waals surface area contributed by atoms with E-state index in [0.717, 1.165) is 42.6 Å². The van der Waals surface area contributed by atoms with Gasteiger partial charge < -0.3 is 40.5 Å². The van der Waals surface area contributed by atoms with E-state index in [2.05, 4.69) is 27.1 Å². The molecule has 15 heteroatoms. The lowest BCUT2D eigenvalue weighted by molar-refractivity contribution is -0.136. The Bertz CT molecular complexity index is 1620. The molecule has 2 aliphatic heterocycles. The molecule has 2 fully saturated rings. The summed E-state index contributed by atoms with van der Waals surface area (Å²) in [6, 6.07) is 17.0. The number of H-pyrrole nitrogens is 1. The van der Waals surface area contributed by atoms with E-state index in [-0.39, 0.29) is 11.8 Å². The first-order chi connectivity index (χ1) is 23.8. The van der Waals surface area contributed by atoms with Crippen molar-refractivity contribution in [3.63, 3.8) is 0 Å². The predicted molar refractivity (Wildman–Crippen MR) is 182 cm³/mol. The summed E-state index contributed by atoms with van der Waals surface area (Å²) in [7, 11) is 2.18. The van der Waals surface area contributed by atoms with Crippen LogP contribution in [0.4, 0.5) is 0 Å². The molecule has 3 heterocycles. The van der Waals surface area contributed by atoms with E-state index < -0.39 is 29.9 Å². The van der Waals surface area contributed by atoms with Gasteiger partial charge in [-0.2, -0.15) is 0 Å². The number of carboxylic acid groups (broad SMARTS) is 4. The third-order valence-electron chi connectivity index (χ3n) is 8.04. The summed E-state index contributed by atoms with van der Waals surface area (Å²) in [5.41, 5.74) is 2.25. The average molecular weight is 692 g/mol. The predicted octanol–water partition coefficient (Wildman–Crippen LogP) is 2.30. The smallest absolute Gasteiger partial charge is 0.328 e. The standard InChI is InChI=1S/C27H33N5O2.2C4H4O4/c1-30-13-10-23(11-14-30)31-15-17-32(18-16-31)27(34)25(21-5-3-2-4-6-21)29-26(33)22-8-7-20-9-12-28-24(20)19-22;2*5-3(6)1-2-4(7)8/h2-9,12,19,23,25,28H,10-11,13-18H2,1H3,(H,29,33);2*1-2H,(H,5,6)(H,7,8)/b;2*2-1+/t25-;;/m1../s1. The molecule has 50 heavy (non-hydrogen) atoms. The number of likely N-dealkylation sites (tertiary alicyclic amines) is 1. The van der Waals surface area contributed by atoms with E-state index in [9.17, 15) is 28.8 Å². The van der Waals surface area contributed by atoms with E-state index in [1.54, 1.807) is 6.07 Å². The van der Waals surface area contributed by atoms with E-state index in [0.29, 0.717) is 49.0 Å². The second-order valence-electron chi connectivity index (χ2n) is 11.5. The van der Waals surface area contributed by atoms with Crippen LogP contribution in [0.1, 0.15) is 34.8 Å². The highest BCUT2D eigenvalue weighted by Gasteiger charge is 2.32. The van der Waals surface area contributed by atoms with Gasteiger partial charge >= 0.3 is 23.9 Å². The highest BCUT2D eigenvalue weighted by atomic mass is 16.4. The fraction of sp³-hybridized carbons (Fsp3) is 0.314. The third-order valence-corrected chi connectivity index (χ3v) is 8.04. The van der Waals surface area contributed by atoms with Gasteiger partial charge in [0.05, 0.1) is 0 Å². The molecule has 266 valence electrons. The fourth-order valence-corrected chi connectivity index (χ4v) is 5.47. The van der Waals surface area contributed by atoms with Crippen molar-refractivity contribution in [2.24, 2.45) is 0 Å². The molecular formula is C35H41N5O10. The number of carboxylic acids is 4. The first-order valence-electron chi connectivity index (χ1n) is 15.8. The van der Waals surface area contributed by atoms with Crippen LogP contribution in [0, 0.1) is 0 Å². The number of aromatic nitrogens is 1. The van der Waals surface area contributed by atoms with E-state index in [1.807, 2.05) is 59.6 Å². The Morgan fingerprint density at radius 2 is 1.28 bits per heavy atom. The first kappa shape index (κ1) is 38.6. The number of hydrogen-bond acceptors (Lipinski definition) is 8. The topological polar surface area (TPSA) is 221 Å². The number of piperidine rings is 1. The third kappa shape index (κ3) is 12.7. The van der Waals surface area contributed by atoms with Crippen molar-refractivity contribution in [1.82, 2.24) is 25.0 Å². The Morgan fingerprint density at radius 3 is 1.80 bits per heavy atom. The molecule has 6 N–H and O–H groups in total. The van der Waals surface area contributed by atoms with Gasteiger partial charge in [-0.3, -0.25) is 14.5 Å². The molecule has 3 aromatic rings. The van der Waals surface area contributed by atoms with Crippen molar-refractivity contribution in [1.29, 1.82) is 0 Å². The number of rotatable bonds is 9. The molecule has 2 aliphatic rings. The molecule has 15 nitrogen and oxygen atoms in total. The van der Waals surface area contributed by atoms with Gasteiger partial charge in [-0.05, 0) is 62.1 Å². The van der Waals surface area contributed by atoms with Crippen LogP contribution in [0.15, 0.2) is 85.1 Å². The van der Waals surface area contributed by atoms with E-state index in [1.165, 1.54) is 12.8 Å². The van der Waals surface area contributed by atoms with Crippen molar-refractivity contribution < 1.29 is 49.2 Å². The lowest BCUT2D eigenvalue weighted by Gasteiger charge is -2.42. The van der Waals surface area contributed by atoms with Crippen molar-refractivity contribution >= 4 is 46.6 Å². The van der Waals surface area contributed by atoms with Crippen LogP contribution >= 0.6 is 0 Å². The number of nitrogens with one attached hydrogen (secondary N) is 2. The normalized spacial score (nSPS) is 16.1. The first-order valence-corrected chi connectivity index (χ1v) is 15.8. The van der Waals surface area contributed by atoms with Crippen LogP contribution in [0.25, 0.3) is 10.9 Å². The maximum atomic E-state index is 13.6. The number of carbonyl (C=O) groups is 6. The molecule has 0 aliphatic carbocycles. The minimum atomic E-state index is -1.26. The molecular weight excluding hydrogens is 650 g/mol. The number of piperazine rings is 1. The summed E-state index contributed by atoms with van der Waals surface area (Å²) >= 11 is 0. The number of carbonyl (C=O) groups excluding carboxylic acids is 2. The summed E-state index contributed by atoms with van der Waals surface area (Å²) in [4.78, 5) is 75.0. The highest BCUT2D eigenvalue weighted by Crippen LogP contribution is 2.22. The number of nitrogens with zero attached hydrogens (tertiary/aromatic N) is 3. The molecule has 2 saturated heterocycles. The number of amides is 2. The van der Waals surface area contributed by atoms with Gasteiger partial charge in [-0.15, -0.1) is 0 Å². The minimum Gasteiger partial charge on any atom is -0.478 e. The Balaban J connectivity index is 0.000000352. The quantitative estimate of drug-likeness (QED) is 0.178. The van der Waals surface area contributed by atoms with Gasteiger partial charge in [0.2, 0.25) is 5.91 Å². The van der Waals surface area contributed by atoms with Gasteiger partial charge in [-0.1, -0.05) is 36.4 Å². The second-order valence-corrected chi connectivity index (χ2v) is 11.5. The van der Waals surface area contributed by atoms with Crippen molar-refractivity contribution in [2.45, 2.75) is 24.9 Å². The zero-order valence-electron chi connectivity index (χ0n) is 27.5. The van der Waals surface area contributed by atoms with Gasteiger partial charge in [0.25, 0.3) is 5.91 Å². The van der Waals surface area contributed by atoms with Crippen LogP contribution in [0.2, 0.25) is 0 Å². The Kier molecular flexibility index (Phi) is 14.9. The SMILES string of the molecule is CN1CCC(N2CCN(C(=O)[C@H](NC(=O)c3ccc4cc[nH]c4c3)c3ccccc3)CC2)CC1.O=C(O)/C=C/C(=O)O.O=C(O)/C=C/C(=O)O. The summed E-state index contributed by atoms with van der Waals surface area (Å²) in [5, 5.41) is 35.3. The van der Waals surface area contributed by atoms with E-state index >= 15 is 0 Å². The average Bonchev–Trinajstić information content (AvgIpc) is 3.58. The minimum absolute atomic E-state index is 0.0384. The highest BCUT2D eigenvalue weighted by molar-refractivity contribution is 6.00. The number of fused-ring (bicyclic) bond motifs is 1. The molecule has 5 rings (SSSR count). The summed E-state index contributed by atoms with van der Waals surface area (Å²) in [5.74, 6) is -5.31. The molecule has 0 spiro atoms. The molecule has 1 atom stereocenters. The zero-order chi connectivity index (χ0) is 36.6. The number of benzene rings is 2. The van der Waals surface area contributed by atoms with Crippen molar-refractivity contribution in [2.75, 3.05) is 46.3 Å². The van der Waals surface area contributed by atoms with Gasteiger partial charge in [0.15, 0.2) is 0 Å². The zero-order valence-corrected chi connectivity index (χ0v) is 27.5. The summed E-state index contributed by atoms with van der Waals surface area (Å²) < 4.78 is 0. The number of aromatic amines is 1. The van der Waals surface area contributed by atoms with E-state index in [4.69, 9.17) is 20.4 Å². The number of aliphatic carboxylic acids is 4. The van der Waals surface area contributed by atoms with Crippen molar-refractivity contribution in [3.8, 4) is 0 Å². The Labute approximate surface area is 288 Å². The largest absolute Gasteiger partial charge is 0.478 e. The van der Waals surface area contributed by atoms with Gasteiger partial charge in [0.1, 0.15) is 6.04 Å². The van der Waals surface area contributed by atoms with Crippen molar-refractivity contribution in [3.05, 3.63) is 96.2 Å². The van der Waals surface area contributed by atoms with Gasteiger partial charge in [0, 0.05) is 73.8 Å². The van der Waals surface area contributed by atoms with Gasteiger partial charge in [-0.25, -0.2) is 19.2 Å². The summed E-state index contributed by atoms with van der Waals surface area (Å²) in [6.07, 6.45) is 6.47. The molecule has 1 aromatic heterocycles. The second kappa shape index (κ2) is 19.3. The summed E-state index contributed by atoms with van der Waals surface area (Å²) in [6.45, 7) is 5.44. The number of hydrogen-bond donors (Lipinski definition) is 6. The molecule has 0 saturated carbocycles. The molecule has 0 bridgehead atoms. The molecule has 2 aromatic carbocycles. The Hall–Kier alpha value is -5.80. The Morgan fingerprint density at radius 1 is 0.740 bits per heavy atom. The van der Waals surface area contributed by atoms with Crippen LogP contribution in [-0.4, -0.2) is 128 Å². The molecule has 0 unspecified atom stereocenters. The van der Waals surface area contributed by atoms with Crippen LogP contribution in [-0.2, 0) is 24.0 Å². The van der Waals surface area contributed by atoms with Crippen LogP contribution in [0.5, 0.6) is 0 Å². The monoisotopic (exact) mass is 691 g/mol.